The number of anilines is 2. The molecule has 1 unspecified atom stereocenters. The number of fused-ring (bicyclic) bond motifs is 1. The van der Waals surface area contributed by atoms with Gasteiger partial charge in [-0.25, -0.2) is 4.39 Å². The molecule has 1 fully saturated rings. The van der Waals surface area contributed by atoms with Crippen molar-refractivity contribution < 1.29 is 23.5 Å². The lowest BCUT2D eigenvalue weighted by Crippen LogP contribution is -2.61. The zero-order chi connectivity index (χ0) is 26.7. The van der Waals surface area contributed by atoms with Gasteiger partial charge in [0.1, 0.15) is 12.1 Å². The highest BCUT2D eigenvalue weighted by atomic mass is 32.2. The number of ether oxygens (including phenoxy) is 2. The molecule has 9 nitrogen and oxygen atoms in total. The molecule has 2 heterocycles. The van der Waals surface area contributed by atoms with Gasteiger partial charge < -0.3 is 14.8 Å². The fourth-order valence-corrected chi connectivity index (χ4v) is 6.19. The first kappa shape index (κ1) is 26.2. The number of carbonyl (C=O) groups is 2. The highest BCUT2D eigenvalue weighted by molar-refractivity contribution is 7.99. The number of hydrogen-bond acceptors (Lipinski definition) is 7. The first-order valence-corrected chi connectivity index (χ1v) is 13.6. The topological polar surface area (TPSA) is 98.6 Å². The molecular formula is C27H30FN5O4S. The number of aromatic nitrogens is 3. The number of amides is 2. The minimum Gasteiger partial charge on any atom is -0.483 e. The maximum absolute atomic E-state index is 14.1. The first-order valence-electron chi connectivity index (χ1n) is 12.6. The molecule has 2 aliphatic rings. The predicted octanol–water partition coefficient (Wildman–Crippen LogP) is 4.59. The molecule has 1 aromatic heterocycles. The minimum atomic E-state index is -0.873. The Balaban J connectivity index is 1.38. The monoisotopic (exact) mass is 539 g/mol. The molecule has 3 aromatic rings. The number of methoxy groups -OCH3 is 1. The van der Waals surface area contributed by atoms with Crippen LogP contribution in [0.5, 0.6) is 5.75 Å². The summed E-state index contributed by atoms with van der Waals surface area (Å²) >= 11 is 1.25. The van der Waals surface area contributed by atoms with E-state index < -0.39 is 11.4 Å². The van der Waals surface area contributed by atoms with Crippen LogP contribution in [0, 0.1) is 5.82 Å². The zero-order valence-corrected chi connectivity index (χ0v) is 22.2. The molecule has 11 heteroatoms. The van der Waals surface area contributed by atoms with Crippen molar-refractivity contribution in [3.05, 3.63) is 60.2 Å². The molecule has 2 aromatic carbocycles. The van der Waals surface area contributed by atoms with Gasteiger partial charge in [-0.15, -0.1) is 10.2 Å². The summed E-state index contributed by atoms with van der Waals surface area (Å²) in [5.41, 5.74) is 0.479. The number of carbonyl (C=O) groups excluding carboxylic acids is 2. The number of hydrogen-bond donors (Lipinski definition) is 1. The van der Waals surface area contributed by atoms with Crippen LogP contribution in [0.25, 0.3) is 0 Å². The van der Waals surface area contributed by atoms with Crippen LogP contribution in [-0.2, 0) is 20.9 Å². The van der Waals surface area contributed by atoms with Gasteiger partial charge in [-0.2, -0.15) is 0 Å². The quantitative estimate of drug-likeness (QED) is 0.397. The van der Waals surface area contributed by atoms with E-state index in [1.165, 1.54) is 17.8 Å². The van der Waals surface area contributed by atoms with Gasteiger partial charge in [0, 0.05) is 7.11 Å². The molecule has 1 aliphatic carbocycles. The lowest BCUT2D eigenvalue weighted by atomic mass is 9.90. The molecule has 1 spiro atoms. The van der Waals surface area contributed by atoms with Gasteiger partial charge in [-0.05, 0) is 44.0 Å². The molecule has 1 N–H and O–H groups in total. The van der Waals surface area contributed by atoms with Crippen LogP contribution in [0.2, 0.25) is 0 Å². The van der Waals surface area contributed by atoms with Crippen molar-refractivity contribution >= 4 is 35.0 Å². The molecule has 5 rings (SSSR count). The number of rotatable bonds is 9. The highest BCUT2D eigenvalue weighted by Gasteiger charge is 2.52. The third-order valence-corrected chi connectivity index (χ3v) is 7.95. The normalized spacial score (nSPS) is 16.8. The Labute approximate surface area is 224 Å². The Morgan fingerprint density at radius 1 is 1.16 bits per heavy atom. The van der Waals surface area contributed by atoms with E-state index in [2.05, 4.69) is 15.5 Å². The molecule has 1 atom stereocenters. The van der Waals surface area contributed by atoms with Crippen LogP contribution >= 0.6 is 11.8 Å². The minimum absolute atomic E-state index is 0.000718. The Morgan fingerprint density at radius 3 is 2.66 bits per heavy atom. The molecule has 200 valence electrons. The number of halogens is 1. The Bertz CT molecular complexity index is 1330. The number of nitrogens with one attached hydrogen (secondary N) is 1. The number of para-hydroxylation sites is 3. The maximum atomic E-state index is 14.1. The molecule has 2 amide bonds. The third kappa shape index (κ3) is 4.88. The van der Waals surface area contributed by atoms with Crippen LogP contribution in [0.4, 0.5) is 15.8 Å². The van der Waals surface area contributed by atoms with Crippen molar-refractivity contribution in [2.24, 2.45) is 0 Å². The number of thioether (sulfide) groups is 1. The van der Waals surface area contributed by atoms with Crippen molar-refractivity contribution in [2.75, 3.05) is 29.7 Å². The fourth-order valence-electron chi connectivity index (χ4n) is 5.29. The van der Waals surface area contributed by atoms with Crippen molar-refractivity contribution in [3.8, 4) is 5.75 Å². The van der Waals surface area contributed by atoms with E-state index in [9.17, 15) is 14.0 Å². The van der Waals surface area contributed by atoms with E-state index in [0.717, 1.165) is 12.8 Å². The van der Waals surface area contributed by atoms with Crippen LogP contribution in [0.1, 0.15) is 44.5 Å². The number of nitrogens with zero attached hydrogens (tertiary/aromatic N) is 4. The van der Waals surface area contributed by atoms with Crippen molar-refractivity contribution in [1.29, 1.82) is 0 Å². The summed E-state index contributed by atoms with van der Waals surface area (Å²) in [6, 6.07) is 13.4. The van der Waals surface area contributed by atoms with Crippen LogP contribution in [-0.4, -0.2) is 51.6 Å². The Hall–Kier alpha value is -3.44. The van der Waals surface area contributed by atoms with Gasteiger partial charge in [-0.3, -0.25) is 19.1 Å². The van der Waals surface area contributed by atoms with Crippen LogP contribution in [0.15, 0.2) is 53.7 Å². The van der Waals surface area contributed by atoms with Gasteiger partial charge in [-0.1, -0.05) is 48.9 Å². The summed E-state index contributed by atoms with van der Waals surface area (Å²) in [6.07, 6.45) is 3.03. The second-order valence-electron chi connectivity index (χ2n) is 9.52. The van der Waals surface area contributed by atoms with Gasteiger partial charge in [0.15, 0.2) is 22.5 Å². The molecule has 0 saturated heterocycles. The third-order valence-electron chi connectivity index (χ3n) is 7.03. The summed E-state index contributed by atoms with van der Waals surface area (Å²) in [6.45, 7) is 2.33. The van der Waals surface area contributed by atoms with Gasteiger partial charge in [0.25, 0.3) is 5.91 Å². The van der Waals surface area contributed by atoms with Gasteiger partial charge >= 0.3 is 0 Å². The maximum Gasteiger partial charge on any atom is 0.250 e. The summed E-state index contributed by atoms with van der Waals surface area (Å²) in [5, 5.41) is 12.1. The molecular weight excluding hydrogens is 509 g/mol. The zero-order valence-electron chi connectivity index (χ0n) is 21.4. The first-order chi connectivity index (χ1) is 18.4. The average Bonchev–Trinajstić information content (AvgIpc) is 3.56. The van der Waals surface area contributed by atoms with Crippen molar-refractivity contribution in [2.45, 2.75) is 56.0 Å². The van der Waals surface area contributed by atoms with E-state index in [1.54, 1.807) is 30.2 Å². The van der Waals surface area contributed by atoms with E-state index in [-0.39, 0.29) is 36.0 Å². The largest absolute Gasteiger partial charge is 0.483 e. The average molecular weight is 540 g/mol. The molecule has 0 radical (unpaired) electrons. The lowest BCUT2D eigenvalue weighted by molar-refractivity contribution is -0.126. The van der Waals surface area contributed by atoms with Gasteiger partial charge in [0.05, 0.1) is 29.8 Å². The van der Waals surface area contributed by atoms with E-state index in [1.807, 2.05) is 35.8 Å². The van der Waals surface area contributed by atoms with Crippen molar-refractivity contribution in [1.82, 2.24) is 14.8 Å². The second-order valence-corrected chi connectivity index (χ2v) is 10.5. The smallest absolute Gasteiger partial charge is 0.250 e. The summed E-state index contributed by atoms with van der Waals surface area (Å²) in [7, 11) is 1.60. The Morgan fingerprint density at radius 2 is 1.89 bits per heavy atom. The molecule has 0 bridgehead atoms. The highest BCUT2D eigenvalue weighted by Crippen LogP contribution is 2.45. The molecule has 1 saturated carbocycles. The lowest BCUT2D eigenvalue weighted by Gasteiger charge is -2.44. The Kier molecular flexibility index (Phi) is 7.66. The fraction of sp³-hybridized carbons (Fsp3) is 0.407. The SMILES string of the molecule is COCC(C)n1c(COc2ccccc2F)nnc1SCC(=O)N1c2ccccc2NC(=O)C12CCCC2. The molecule has 1 aliphatic heterocycles. The standard InChI is InChI=1S/C27H30FN5O4S/c1-18(15-36-2)32-23(16-37-22-12-6-3-9-19(22)28)30-31-26(32)38-17-24(34)33-21-11-5-4-10-20(21)29-25(35)27(33)13-7-8-14-27/h3-6,9-12,18H,7-8,13-17H2,1-2H3,(H,29,35). The van der Waals surface area contributed by atoms with E-state index >= 15 is 0 Å². The van der Waals surface area contributed by atoms with Crippen LogP contribution in [0.3, 0.4) is 0 Å². The van der Waals surface area contributed by atoms with Crippen LogP contribution < -0.4 is 15.0 Å². The predicted molar refractivity (Wildman–Crippen MR) is 142 cm³/mol. The van der Waals surface area contributed by atoms with Gasteiger partial charge in [0.2, 0.25) is 5.91 Å². The summed E-state index contributed by atoms with van der Waals surface area (Å²) in [4.78, 5) is 28.7. The van der Waals surface area contributed by atoms with E-state index in [4.69, 9.17) is 9.47 Å². The summed E-state index contributed by atoms with van der Waals surface area (Å²) < 4.78 is 26.9. The summed E-state index contributed by atoms with van der Waals surface area (Å²) in [5.74, 6) is -0.0864. The second kappa shape index (κ2) is 11.1. The number of benzene rings is 2. The van der Waals surface area contributed by atoms with E-state index in [0.29, 0.717) is 41.8 Å². The van der Waals surface area contributed by atoms with Crippen molar-refractivity contribution in [3.63, 3.8) is 0 Å². The molecule has 38 heavy (non-hydrogen) atoms.